The lowest BCUT2D eigenvalue weighted by molar-refractivity contribution is -0.134. The number of fused-ring (bicyclic) bond motifs is 2. The summed E-state index contributed by atoms with van der Waals surface area (Å²) < 4.78 is 1.31. The number of carbonyl (C=O) groups excluding carboxylic acids is 1. The molecule has 0 bridgehead atoms. The van der Waals surface area contributed by atoms with Crippen molar-refractivity contribution in [2.24, 2.45) is 5.73 Å². The monoisotopic (exact) mass is 439 g/mol. The minimum atomic E-state index is -0.309. The number of thioether (sulfide) groups is 1. The van der Waals surface area contributed by atoms with Gasteiger partial charge in [0.05, 0.1) is 22.3 Å². The number of benzene rings is 1. The van der Waals surface area contributed by atoms with E-state index in [1.165, 1.54) is 25.8 Å². The number of rotatable bonds is 4. The van der Waals surface area contributed by atoms with Gasteiger partial charge in [0.2, 0.25) is 5.91 Å². The SMILES string of the molecule is Cc1c(C(Cc2ccc3cncnc3c2)N2CCNCC2=O)sc2c1C(C)(N)CS2. The molecule has 1 amide bonds. The maximum atomic E-state index is 12.8. The Balaban J connectivity index is 1.57. The second-order valence-electron chi connectivity index (χ2n) is 8.36. The standard InChI is InChI=1S/C22H25N5OS2/c1-13-19-21(29-11-22(19,2)23)30-20(13)17(27-6-5-24-10-18(27)28)8-14-3-4-15-9-25-12-26-16(15)7-14/h3-4,7,9,12,17,24H,5-6,8,10-11,23H2,1-2H3. The molecular formula is C22H25N5OS2. The molecule has 2 aromatic heterocycles. The van der Waals surface area contributed by atoms with Gasteiger partial charge >= 0.3 is 0 Å². The zero-order chi connectivity index (χ0) is 20.9. The molecule has 2 unspecified atom stereocenters. The molecule has 0 spiro atoms. The Labute approximate surface area is 184 Å². The van der Waals surface area contributed by atoms with Gasteiger partial charge in [-0.2, -0.15) is 0 Å². The Hall–Kier alpha value is -2.00. The molecule has 6 nitrogen and oxygen atoms in total. The summed E-state index contributed by atoms with van der Waals surface area (Å²) in [7, 11) is 0. The van der Waals surface area contributed by atoms with E-state index in [2.05, 4.69) is 47.3 Å². The Morgan fingerprint density at radius 2 is 2.27 bits per heavy atom. The van der Waals surface area contributed by atoms with Gasteiger partial charge in [0, 0.05) is 46.4 Å². The van der Waals surface area contributed by atoms with Gasteiger partial charge in [0.15, 0.2) is 0 Å². The Kier molecular flexibility index (Phi) is 5.05. The average Bonchev–Trinajstić information content (AvgIpc) is 3.23. The van der Waals surface area contributed by atoms with Crippen molar-refractivity contribution in [2.45, 2.75) is 36.1 Å². The highest BCUT2D eigenvalue weighted by atomic mass is 32.2. The number of hydrogen-bond acceptors (Lipinski definition) is 7. The highest BCUT2D eigenvalue weighted by Crippen LogP contribution is 2.50. The molecule has 30 heavy (non-hydrogen) atoms. The van der Waals surface area contributed by atoms with Crippen molar-refractivity contribution in [3.05, 3.63) is 52.3 Å². The molecule has 0 radical (unpaired) electrons. The van der Waals surface area contributed by atoms with Crippen LogP contribution >= 0.6 is 23.1 Å². The lowest BCUT2D eigenvalue weighted by Crippen LogP contribution is -2.49. The average molecular weight is 440 g/mol. The van der Waals surface area contributed by atoms with Crippen LogP contribution in [0.2, 0.25) is 0 Å². The van der Waals surface area contributed by atoms with E-state index in [4.69, 9.17) is 5.73 Å². The maximum Gasteiger partial charge on any atom is 0.237 e. The lowest BCUT2D eigenvalue weighted by Gasteiger charge is -2.35. The molecule has 1 aromatic carbocycles. The molecule has 2 aliphatic heterocycles. The van der Waals surface area contributed by atoms with E-state index in [1.807, 2.05) is 34.2 Å². The third-order valence-corrected chi connectivity index (χ3v) is 9.03. The van der Waals surface area contributed by atoms with Crippen LogP contribution in [0.5, 0.6) is 0 Å². The van der Waals surface area contributed by atoms with Crippen LogP contribution in [0.3, 0.4) is 0 Å². The molecule has 0 aliphatic carbocycles. The van der Waals surface area contributed by atoms with Crippen molar-refractivity contribution >= 4 is 39.9 Å². The largest absolute Gasteiger partial charge is 0.332 e. The van der Waals surface area contributed by atoms with Crippen molar-refractivity contribution < 1.29 is 4.79 Å². The van der Waals surface area contributed by atoms with Gasteiger partial charge in [-0.05, 0) is 37.5 Å². The lowest BCUT2D eigenvalue weighted by atomic mass is 9.91. The van der Waals surface area contributed by atoms with Crippen LogP contribution < -0.4 is 11.1 Å². The van der Waals surface area contributed by atoms with E-state index >= 15 is 0 Å². The minimum absolute atomic E-state index is 0.00545. The zero-order valence-electron chi connectivity index (χ0n) is 17.1. The number of nitrogens with two attached hydrogens (primary N) is 1. The summed E-state index contributed by atoms with van der Waals surface area (Å²) in [5, 5.41) is 4.22. The first kappa shape index (κ1) is 19.9. The third-order valence-electron chi connectivity index (χ3n) is 6.03. The van der Waals surface area contributed by atoms with E-state index in [-0.39, 0.29) is 17.5 Å². The minimum Gasteiger partial charge on any atom is -0.332 e. The molecule has 156 valence electrons. The molecule has 5 rings (SSSR count). The van der Waals surface area contributed by atoms with Crippen LogP contribution in [-0.4, -0.2) is 46.2 Å². The van der Waals surface area contributed by atoms with Crippen molar-refractivity contribution in [1.82, 2.24) is 20.2 Å². The number of nitrogens with zero attached hydrogens (tertiary/aromatic N) is 3. The van der Waals surface area contributed by atoms with Crippen molar-refractivity contribution in [1.29, 1.82) is 0 Å². The third kappa shape index (κ3) is 3.41. The smallest absolute Gasteiger partial charge is 0.237 e. The van der Waals surface area contributed by atoms with Crippen molar-refractivity contribution in [3.63, 3.8) is 0 Å². The van der Waals surface area contributed by atoms with E-state index < -0.39 is 0 Å². The fourth-order valence-electron chi connectivity index (χ4n) is 4.54. The predicted molar refractivity (Wildman–Crippen MR) is 122 cm³/mol. The predicted octanol–water partition coefficient (Wildman–Crippen LogP) is 2.99. The van der Waals surface area contributed by atoms with Crippen LogP contribution in [0.4, 0.5) is 0 Å². The van der Waals surface area contributed by atoms with Gasteiger partial charge < -0.3 is 16.0 Å². The number of hydrogen-bond donors (Lipinski definition) is 2. The summed E-state index contributed by atoms with van der Waals surface area (Å²) in [5.41, 5.74) is 10.9. The number of aromatic nitrogens is 2. The molecule has 3 N–H and O–H groups in total. The Bertz CT molecular complexity index is 1130. The quantitative estimate of drug-likeness (QED) is 0.650. The van der Waals surface area contributed by atoms with E-state index in [0.717, 1.165) is 29.6 Å². The van der Waals surface area contributed by atoms with Crippen LogP contribution in [0.25, 0.3) is 10.9 Å². The molecular weight excluding hydrogens is 414 g/mol. The highest BCUT2D eigenvalue weighted by Gasteiger charge is 2.39. The molecule has 2 atom stereocenters. The van der Waals surface area contributed by atoms with Gasteiger partial charge in [-0.3, -0.25) is 4.79 Å². The summed E-state index contributed by atoms with van der Waals surface area (Å²) in [6.45, 7) is 6.22. The Morgan fingerprint density at radius 3 is 3.07 bits per heavy atom. The molecule has 3 aromatic rings. The Morgan fingerprint density at radius 1 is 1.40 bits per heavy atom. The molecule has 0 saturated carbocycles. The summed E-state index contributed by atoms with van der Waals surface area (Å²) in [6.07, 6.45) is 4.17. The number of nitrogens with one attached hydrogen (secondary N) is 1. The van der Waals surface area contributed by atoms with Crippen molar-refractivity contribution in [2.75, 3.05) is 25.4 Å². The van der Waals surface area contributed by atoms with Crippen LogP contribution in [-0.2, 0) is 16.8 Å². The van der Waals surface area contributed by atoms with E-state index in [0.29, 0.717) is 13.1 Å². The number of carbonyl (C=O) groups is 1. The van der Waals surface area contributed by atoms with E-state index in [9.17, 15) is 4.79 Å². The van der Waals surface area contributed by atoms with Crippen LogP contribution in [0, 0.1) is 6.92 Å². The summed E-state index contributed by atoms with van der Waals surface area (Å²) in [5.74, 6) is 1.07. The molecule has 1 fully saturated rings. The summed E-state index contributed by atoms with van der Waals surface area (Å²) in [6, 6.07) is 6.32. The molecule has 2 aliphatic rings. The summed E-state index contributed by atoms with van der Waals surface area (Å²) >= 11 is 3.66. The number of piperazine rings is 1. The highest BCUT2D eigenvalue weighted by molar-refractivity contribution is 8.01. The molecule has 4 heterocycles. The zero-order valence-corrected chi connectivity index (χ0v) is 18.8. The van der Waals surface area contributed by atoms with Gasteiger partial charge in [-0.15, -0.1) is 23.1 Å². The molecule has 1 saturated heterocycles. The van der Waals surface area contributed by atoms with Crippen LogP contribution in [0.15, 0.2) is 34.9 Å². The van der Waals surface area contributed by atoms with Crippen LogP contribution in [0.1, 0.15) is 34.5 Å². The number of thiophene rings is 1. The topological polar surface area (TPSA) is 84.1 Å². The fraction of sp³-hybridized carbons (Fsp3) is 0.409. The van der Waals surface area contributed by atoms with Gasteiger partial charge in [-0.1, -0.05) is 12.1 Å². The summed E-state index contributed by atoms with van der Waals surface area (Å²) in [4.78, 5) is 24.7. The van der Waals surface area contributed by atoms with Gasteiger partial charge in [-0.25, -0.2) is 9.97 Å². The first-order chi connectivity index (χ1) is 14.4. The van der Waals surface area contributed by atoms with Gasteiger partial charge in [0.1, 0.15) is 6.33 Å². The van der Waals surface area contributed by atoms with Crippen molar-refractivity contribution in [3.8, 4) is 0 Å². The second-order valence-corrected chi connectivity index (χ2v) is 10.7. The second kappa shape index (κ2) is 7.60. The normalized spacial score (nSPS) is 22.5. The maximum absolute atomic E-state index is 12.8. The van der Waals surface area contributed by atoms with Gasteiger partial charge in [0.25, 0.3) is 0 Å². The van der Waals surface area contributed by atoms with E-state index in [1.54, 1.807) is 6.33 Å². The number of amides is 1. The first-order valence-corrected chi connectivity index (χ1v) is 12.0. The fourth-order valence-corrected chi connectivity index (χ4v) is 7.61. The molecule has 8 heteroatoms. The first-order valence-electron chi connectivity index (χ1n) is 10.2.